The standard InChI is InChI=1S/C7H14O5/c1-3(8)5(10)7(12)6(11)4(2)9/h3-6,8-11H,1-2H3/t3-,4?,5-,6-/m0/s1. The molecular weight excluding hydrogens is 164 g/mol. The van der Waals surface area contributed by atoms with Crippen LogP contribution in [0.4, 0.5) is 0 Å². The Kier molecular flexibility index (Phi) is 4.33. The fourth-order valence-electron chi connectivity index (χ4n) is 0.650. The van der Waals surface area contributed by atoms with Crippen molar-refractivity contribution in [2.45, 2.75) is 38.3 Å². The minimum absolute atomic E-state index is 0.972. The molecule has 0 bridgehead atoms. The van der Waals surface area contributed by atoms with Crippen molar-refractivity contribution in [3.8, 4) is 0 Å². The lowest BCUT2D eigenvalue weighted by Gasteiger charge is -2.18. The first-order chi connectivity index (χ1) is 5.37. The molecule has 0 fully saturated rings. The molecule has 0 aliphatic carbocycles. The van der Waals surface area contributed by atoms with Crippen LogP contribution in [-0.2, 0) is 4.79 Å². The lowest BCUT2D eigenvalue weighted by molar-refractivity contribution is -0.145. The van der Waals surface area contributed by atoms with Crippen molar-refractivity contribution < 1.29 is 25.2 Å². The SMILES string of the molecule is CC(O)[C@H](O)C(=O)[C@@H](O)[C@H](C)O. The minimum atomic E-state index is -1.64. The molecule has 0 aliphatic heterocycles. The summed E-state index contributed by atoms with van der Waals surface area (Å²) < 4.78 is 0. The van der Waals surface area contributed by atoms with E-state index < -0.39 is 30.2 Å². The van der Waals surface area contributed by atoms with Gasteiger partial charge in [0.05, 0.1) is 12.2 Å². The summed E-state index contributed by atoms with van der Waals surface area (Å²) in [5, 5.41) is 35.4. The molecule has 0 spiro atoms. The molecule has 12 heavy (non-hydrogen) atoms. The lowest BCUT2D eigenvalue weighted by Crippen LogP contribution is -2.43. The van der Waals surface area contributed by atoms with Gasteiger partial charge in [0.1, 0.15) is 12.2 Å². The van der Waals surface area contributed by atoms with E-state index in [1.807, 2.05) is 0 Å². The van der Waals surface area contributed by atoms with Gasteiger partial charge < -0.3 is 20.4 Å². The van der Waals surface area contributed by atoms with Gasteiger partial charge in [0.15, 0.2) is 5.78 Å². The van der Waals surface area contributed by atoms with Gasteiger partial charge in [-0.25, -0.2) is 0 Å². The molecule has 5 heteroatoms. The van der Waals surface area contributed by atoms with Gasteiger partial charge in [0.2, 0.25) is 0 Å². The Morgan fingerprint density at radius 3 is 1.33 bits per heavy atom. The second-order valence-corrected chi connectivity index (χ2v) is 2.77. The average molecular weight is 178 g/mol. The predicted octanol–water partition coefficient (Wildman–Crippen LogP) is -1.96. The molecule has 0 rings (SSSR count). The zero-order valence-corrected chi connectivity index (χ0v) is 7.01. The number of aliphatic hydroxyl groups excluding tert-OH is 4. The first-order valence-corrected chi connectivity index (χ1v) is 3.64. The first-order valence-electron chi connectivity index (χ1n) is 3.64. The van der Waals surface area contributed by atoms with Crippen LogP contribution in [0.15, 0.2) is 0 Å². The van der Waals surface area contributed by atoms with Crippen LogP contribution in [0.25, 0.3) is 0 Å². The summed E-state index contributed by atoms with van der Waals surface area (Å²) in [5.41, 5.74) is 0. The van der Waals surface area contributed by atoms with Gasteiger partial charge in [-0.2, -0.15) is 0 Å². The Balaban J connectivity index is 4.19. The summed E-state index contributed by atoms with van der Waals surface area (Å²) in [6.07, 6.45) is -5.78. The van der Waals surface area contributed by atoms with E-state index >= 15 is 0 Å². The van der Waals surface area contributed by atoms with Crippen LogP contribution in [0, 0.1) is 0 Å². The number of carbonyl (C=O) groups is 1. The fraction of sp³-hybridized carbons (Fsp3) is 0.857. The lowest BCUT2D eigenvalue weighted by atomic mass is 10.0. The van der Waals surface area contributed by atoms with Crippen LogP contribution in [0.1, 0.15) is 13.8 Å². The van der Waals surface area contributed by atoms with E-state index in [0.717, 1.165) is 0 Å². The van der Waals surface area contributed by atoms with Crippen molar-refractivity contribution in [3.63, 3.8) is 0 Å². The highest BCUT2D eigenvalue weighted by Gasteiger charge is 2.29. The zero-order chi connectivity index (χ0) is 9.89. The number of Topliss-reactive ketones (excluding diaryl/α,β-unsaturated/α-hetero) is 1. The number of carbonyl (C=O) groups excluding carboxylic acids is 1. The predicted molar refractivity (Wildman–Crippen MR) is 40.4 cm³/mol. The third-order valence-corrected chi connectivity index (χ3v) is 1.50. The summed E-state index contributed by atoms with van der Waals surface area (Å²) in [7, 11) is 0. The van der Waals surface area contributed by atoms with Crippen molar-refractivity contribution in [2.24, 2.45) is 0 Å². The second kappa shape index (κ2) is 4.51. The maximum Gasteiger partial charge on any atom is 0.194 e. The fourth-order valence-corrected chi connectivity index (χ4v) is 0.650. The number of aliphatic hydroxyl groups is 4. The minimum Gasteiger partial charge on any atom is -0.390 e. The van der Waals surface area contributed by atoms with Crippen molar-refractivity contribution >= 4 is 5.78 Å². The van der Waals surface area contributed by atoms with Gasteiger partial charge in [-0.1, -0.05) is 0 Å². The topological polar surface area (TPSA) is 98.0 Å². The number of hydrogen-bond donors (Lipinski definition) is 4. The van der Waals surface area contributed by atoms with Gasteiger partial charge in [-0.05, 0) is 13.8 Å². The number of ketones is 1. The molecule has 4 N–H and O–H groups in total. The number of hydrogen-bond acceptors (Lipinski definition) is 5. The molecule has 72 valence electrons. The molecule has 4 atom stereocenters. The van der Waals surface area contributed by atoms with Gasteiger partial charge in [-0.15, -0.1) is 0 Å². The van der Waals surface area contributed by atoms with E-state index in [2.05, 4.69) is 0 Å². The second-order valence-electron chi connectivity index (χ2n) is 2.77. The largest absolute Gasteiger partial charge is 0.390 e. The molecule has 0 aliphatic rings. The molecule has 1 unspecified atom stereocenters. The van der Waals surface area contributed by atoms with Gasteiger partial charge in [0.25, 0.3) is 0 Å². The van der Waals surface area contributed by atoms with Crippen molar-refractivity contribution in [3.05, 3.63) is 0 Å². The van der Waals surface area contributed by atoms with Crippen molar-refractivity contribution in [1.29, 1.82) is 0 Å². The maximum absolute atomic E-state index is 10.9. The smallest absolute Gasteiger partial charge is 0.194 e. The van der Waals surface area contributed by atoms with Crippen LogP contribution in [0.2, 0.25) is 0 Å². The van der Waals surface area contributed by atoms with Crippen molar-refractivity contribution in [2.75, 3.05) is 0 Å². The van der Waals surface area contributed by atoms with Crippen LogP contribution in [0.5, 0.6) is 0 Å². The van der Waals surface area contributed by atoms with E-state index in [1.54, 1.807) is 0 Å². The highest BCUT2D eigenvalue weighted by Crippen LogP contribution is 2.02. The Hall–Kier alpha value is -0.490. The Labute approximate surface area is 70.3 Å². The number of rotatable bonds is 4. The molecule has 0 aromatic rings. The molecule has 0 heterocycles. The van der Waals surface area contributed by atoms with Crippen LogP contribution in [-0.4, -0.2) is 50.6 Å². The molecular formula is C7H14O5. The van der Waals surface area contributed by atoms with E-state index in [0.29, 0.717) is 0 Å². The van der Waals surface area contributed by atoms with Crippen molar-refractivity contribution in [1.82, 2.24) is 0 Å². The summed E-state index contributed by atoms with van der Waals surface area (Å²) in [6, 6.07) is 0. The third-order valence-electron chi connectivity index (χ3n) is 1.50. The Bertz CT molecular complexity index is 138. The summed E-state index contributed by atoms with van der Waals surface area (Å²) in [5.74, 6) is -0.972. The maximum atomic E-state index is 10.9. The van der Waals surface area contributed by atoms with E-state index in [1.165, 1.54) is 13.8 Å². The van der Waals surface area contributed by atoms with Gasteiger partial charge in [0, 0.05) is 0 Å². The molecule has 0 saturated carbocycles. The molecule has 0 aromatic carbocycles. The van der Waals surface area contributed by atoms with E-state index in [4.69, 9.17) is 20.4 Å². The molecule has 0 radical (unpaired) electrons. The zero-order valence-electron chi connectivity index (χ0n) is 7.01. The molecule has 5 nitrogen and oxygen atoms in total. The van der Waals surface area contributed by atoms with E-state index in [9.17, 15) is 4.79 Å². The van der Waals surface area contributed by atoms with Crippen LogP contribution < -0.4 is 0 Å². The van der Waals surface area contributed by atoms with Crippen LogP contribution >= 0.6 is 0 Å². The van der Waals surface area contributed by atoms with Gasteiger partial charge in [-0.3, -0.25) is 4.79 Å². The third kappa shape index (κ3) is 2.86. The Morgan fingerprint density at radius 1 is 0.917 bits per heavy atom. The summed E-state index contributed by atoms with van der Waals surface area (Å²) in [4.78, 5) is 10.9. The molecule has 0 aromatic heterocycles. The summed E-state index contributed by atoms with van der Waals surface area (Å²) >= 11 is 0. The highest BCUT2D eigenvalue weighted by atomic mass is 16.4. The van der Waals surface area contributed by atoms with E-state index in [-0.39, 0.29) is 0 Å². The van der Waals surface area contributed by atoms with Crippen LogP contribution in [0.3, 0.4) is 0 Å². The van der Waals surface area contributed by atoms with Gasteiger partial charge >= 0.3 is 0 Å². The Morgan fingerprint density at radius 2 is 1.17 bits per heavy atom. The molecule has 0 saturated heterocycles. The highest BCUT2D eigenvalue weighted by molar-refractivity contribution is 5.87. The first kappa shape index (κ1) is 11.5. The normalized spacial score (nSPS) is 21.2. The monoisotopic (exact) mass is 178 g/mol. The summed E-state index contributed by atoms with van der Waals surface area (Å²) in [6.45, 7) is 2.44. The quantitative estimate of drug-likeness (QED) is 0.400. The molecule has 0 amide bonds. The average Bonchev–Trinajstić information content (AvgIpc) is 2.00.